The third-order valence-electron chi connectivity index (χ3n) is 3.00. The molecule has 0 spiro atoms. The summed E-state index contributed by atoms with van der Waals surface area (Å²) in [5.41, 5.74) is 0. The molecular weight excluding hydrogens is 284 g/mol. The summed E-state index contributed by atoms with van der Waals surface area (Å²) in [6, 6.07) is 0. The van der Waals surface area contributed by atoms with Crippen LogP contribution in [-0.2, 0) is 23.7 Å². The maximum atomic E-state index is 5.84. The van der Waals surface area contributed by atoms with Crippen LogP contribution in [0.5, 0.6) is 0 Å². The summed E-state index contributed by atoms with van der Waals surface area (Å²) >= 11 is 0. The Balaban J connectivity index is 2.82. The summed E-state index contributed by atoms with van der Waals surface area (Å²) in [6.07, 6.45) is 5.13. The van der Waals surface area contributed by atoms with Crippen LogP contribution < -0.4 is 0 Å². The number of rotatable bonds is 12. The fourth-order valence-electron chi connectivity index (χ4n) is 2.12. The van der Waals surface area contributed by atoms with E-state index in [1.165, 1.54) is 0 Å². The van der Waals surface area contributed by atoms with E-state index < -0.39 is 12.4 Å². The van der Waals surface area contributed by atoms with Crippen LogP contribution in [0.3, 0.4) is 0 Å². The van der Waals surface area contributed by atoms with Gasteiger partial charge in [-0.3, -0.25) is 0 Å². The molecule has 0 radical (unpaired) electrons. The highest BCUT2D eigenvalue weighted by Gasteiger charge is 2.43. The van der Waals surface area contributed by atoms with Gasteiger partial charge in [-0.15, -0.1) is 26.3 Å². The number of hydrogen-bond donors (Lipinski definition) is 0. The van der Waals surface area contributed by atoms with Crippen molar-refractivity contribution in [3.8, 4) is 0 Å². The van der Waals surface area contributed by atoms with Crippen molar-refractivity contribution in [1.29, 1.82) is 0 Å². The molecule has 0 N–H and O–H groups in total. The summed E-state index contributed by atoms with van der Waals surface area (Å²) in [5, 5.41) is 0. The predicted molar refractivity (Wildman–Crippen MR) is 85.7 cm³/mol. The summed E-state index contributed by atoms with van der Waals surface area (Å²) in [7, 11) is 0. The molecule has 1 rings (SSSR count). The molecule has 5 heteroatoms. The molecule has 22 heavy (non-hydrogen) atoms. The molecule has 1 aliphatic rings. The lowest BCUT2D eigenvalue weighted by Crippen LogP contribution is -2.57. The molecule has 0 amide bonds. The second-order valence-corrected chi connectivity index (χ2v) is 4.66. The van der Waals surface area contributed by atoms with Gasteiger partial charge in [-0.05, 0) is 0 Å². The average Bonchev–Trinajstić information content (AvgIpc) is 2.55. The van der Waals surface area contributed by atoms with Gasteiger partial charge in [0, 0.05) is 0 Å². The van der Waals surface area contributed by atoms with Crippen molar-refractivity contribution >= 4 is 0 Å². The van der Waals surface area contributed by atoms with Gasteiger partial charge in [0.1, 0.15) is 18.3 Å². The van der Waals surface area contributed by atoms with Crippen LogP contribution in [0.25, 0.3) is 0 Å². The second kappa shape index (κ2) is 11.3. The standard InChI is InChI=1S/C17H26O5/c1-5-9-18-14-13-22-17(21-12-8-4)16(20-11-7-3)15(14)19-10-6-2/h5-8,14-17H,1-4,9-13H2/t14-,15+,16-,17?/m1/s1. The molecule has 0 saturated carbocycles. The van der Waals surface area contributed by atoms with Crippen LogP contribution in [0.1, 0.15) is 0 Å². The molecule has 124 valence electrons. The summed E-state index contributed by atoms with van der Waals surface area (Å²) < 4.78 is 28.7. The molecule has 1 fully saturated rings. The van der Waals surface area contributed by atoms with Crippen molar-refractivity contribution in [3.63, 3.8) is 0 Å². The molecule has 1 saturated heterocycles. The third kappa shape index (κ3) is 5.87. The van der Waals surface area contributed by atoms with Gasteiger partial charge in [-0.2, -0.15) is 0 Å². The predicted octanol–water partition coefficient (Wildman–Crippen LogP) is 2.26. The molecule has 0 bridgehead atoms. The molecule has 0 aromatic carbocycles. The fraction of sp³-hybridized carbons (Fsp3) is 0.529. The molecule has 1 aliphatic heterocycles. The SMILES string of the molecule is C=CCOC1OC[C@@H](OCC=C)[C@H](OCC=C)[C@H]1OCC=C. The van der Waals surface area contributed by atoms with Crippen LogP contribution in [0, 0.1) is 0 Å². The van der Waals surface area contributed by atoms with Crippen molar-refractivity contribution in [2.75, 3.05) is 33.0 Å². The van der Waals surface area contributed by atoms with E-state index >= 15 is 0 Å². The molecule has 0 aromatic rings. The first-order valence-electron chi connectivity index (χ1n) is 7.30. The van der Waals surface area contributed by atoms with Crippen molar-refractivity contribution in [2.24, 2.45) is 0 Å². The van der Waals surface area contributed by atoms with Crippen molar-refractivity contribution in [3.05, 3.63) is 50.6 Å². The maximum Gasteiger partial charge on any atom is 0.186 e. The van der Waals surface area contributed by atoms with Crippen molar-refractivity contribution in [1.82, 2.24) is 0 Å². The highest BCUT2D eigenvalue weighted by Crippen LogP contribution is 2.24. The zero-order chi connectivity index (χ0) is 16.2. The van der Waals surface area contributed by atoms with E-state index in [-0.39, 0.29) is 12.2 Å². The van der Waals surface area contributed by atoms with Crippen LogP contribution in [0.4, 0.5) is 0 Å². The first-order valence-corrected chi connectivity index (χ1v) is 7.30. The van der Waals surface area contributed by atoms with E-state index in [0.717, 1.165) is 0 Å². The van der Waals surface area contributed by atoms with Crippen LogP contribution in [-0.4, -0.2) is 57.6 Å². The first-order chi connectivity index (χ1) is 10.8. The van der Waals surface area contributed by atoms with Gasteiger partial charge in [0.25, 0.3) is 0 Å². The smallest absolute Gasteiger partial charge is 0.186 e. The first kappa shape index (κ1) is 18.8. The molecule has 5 nitrogen and oxygen atoms in total. The minimum absolute atomic E-state index is 0.267. The minimum Gasteiger partial charge on any atom is -0.369 e. The Labute approximate surface area is 132 Å². The second-order valence-electron chi connectivity index (χ2n) is 4.66. The zero-order valence-corrected chi connectivity index (χ0v) is 13.0. The number of hydrogen-bond acceptors (Lipinski definition) is 5. The van der Waals surface area contributed by atoms with Crippen LogP contribution in [0.15, 0.2) is 50.6 Å². The Morgan fingerprint density at radius 1 is 0.727 bits per heavy atom. The van der Waals surface area contributed by atoms with Crippen LogP contribution in [0.2, 0.25) is 0 Å². The van der Waals surface area contributed by atoms with Crippen molar-refractivity contribution < 1.29 is 23.7 Å². The molecular formula is C17H26O5. The Kier molecular flexibility index (Phi) is 9.70. The van der Waals surface area contributed by atoms with Gasteiger partial charge in [0.05, 0.1) is 33.0 Å². The van der Waals surface area contributed by atoms with Gasteiger partial charge in [0.15, 0.2) is 6.29 Å². The van der Waals surface area contributed by atoms with Gasteiger partial charge < -0.3 is 23.7 Å². The van der Waals surface area contributed by atoms with E-state index in [1.54, 1.807) is 24.3 Å². The Bertz CT molecular complexity index is 321. The minimum atomic E-state index is -0.545. The topological polar surface area (TPSA) is 46.2 Å². The quantitative estimate of drug-likeness (QED) is 0.517. The molecule has 4 atom stereocenters. The van der Waals surface area contributed by atoms with E-state index in [2.05, 4.69) is 26.3 Å². The van der Waals surface area contributed by atoms with E-state index in [4.69, 9.17) is 23.7 Å². The lowest BCUT2D eigenvalue weighted by atomic mass is 10.0. The van der Waals surface area contributed by atoms with Gasteiger partial charge in [-0.25, -0.2) is 0 Å². The maximum absolute atomic E-state index is 5.84. The third-order valence-corrected chi connectivity index (χ3v) is 3.00. The fourth-order valence-corrected chi connectivity index (χ4v) is 2.12. The highest BCUT2D eigenvalue weighted by molar-refractivity contribution is 4.89. The molecule has 1 unspecified atom stereocenters. The normalized spacial score (nSPS) is 28.0. The lowest BCUT2D eigenvalue weighted by Gasteiger charge is -2.41. The summed E-state index contributed by atoms with van der Waals surface area (Å²) in [5.74, 6) is 0. The van der Waals surface area contributed by atoms with E-state index in [9.17, 15) is 0 Å². The van der Waals surface area contributed by atoms with Gasteiger partial charge in [0.2, 0.25) is 0 Å². The zero-order valence-electron chi connectivity index (χ0n) is 13.0. The van der Waals surface area contributed by atoms with Crippen LogP contribution >= 0.6 is 0 Å². The summed E-state index contributed by atoms with van der Waals surface area (Å²) in [6.45, 7) is 16.5. The Morgan fingerprint density at radius 2 is 1.23 bits per heavy atom. The van der Waals surface area contributed by atoms with Gasteiger partial charge in [-0.1, -0.05) is 24.3 Å². The van der Waals surface area contributed by atoms with E-state index in [0.29, 0.717) is 33.0 Å². The van der Waals surface area contributed by atoms with Gasteiger partial charge >= 0.3 is 0 Å². The average molecular weight is 310 g/mol. The highest BCUT2D eigenvalue weighted by atomic mass is 16.7. The summed E-state index contributed by atoms with van der Waals surface area (Å²) in [4.78, 5) is 0. The Morgan fingerprint density at radius 3 is 1.82 bits per heavy atom. The van der Waals surface area contributed by atoms with Crippen molar-refractivity contribution in [2.45, 2.75) is 24.6 Å². The Hall–Kier alpha value is -1.24. The largest absolute Gasteiger partial charge is 0.369 e. The van der Waals surface area contributed by atoms with E-state index in [1.807, 2.05) is 0 Å². The molecule has 1 heterocycles. The lowest BCUT2D eigenvalue weighted by molar-refractivity contribution is -0.287. The molecule has 0 aliphatic carbocycles. The molecule has 0 aromatic heterocycles. The number of ether oxygens (including phenoxy) is 5. The monoisotopic (exact) mass is 310 g/mol.